The van der Waals surface area contributed by atoms with Crippen LogP contribution in [0.2, 0.25) is 0 Å². The van der Waals surface area contributed by atoms with Crippen LogP contribution >= 0.6 is 0 Å². The molecule has 0 aromatic heterocycles. The number of hydrogen-bond donors (Lipinski definition) is 2. The topological polar surface area (TPSA) is 47.9 Å². The second kappa shape index (κ2) is 7.52. The van der Waals surface area contributed by atoms with Gasteiger partial charge in [-0.2, -0.15) is 5.26 Å². The summed E-state index contributed by atoms with van der Waals surface area (Å²) in [6.07, 6.45) is 0.618. The van der Waals surface area contributed by atoms with Crippen molar-refractivity contribution < 1.29 is 0 Å². The third kappa shape index (κ3) is 4.77. The first-order chi connectivity index (χ1) is 5.43. The highest BCUT2D eigenvalue weighted by molar-refractivity contribution is 4.84. The number of nitrogens with zero attached hydrogens (tertiary/aromatic N) is 1. The molecule has 1 aliphatic rings. The Kier molecular flexibility index (Phi) is 7.11. The highest BCUT2D eigenvalue weighted by atomic mass is 15.0. The Balaban J connectivity index is 0.000000461. The Hall–Kier alpha value is -0.590. The summed E-state index contributed by atoms with van der Waals surface area (Å²) in [7, 11) is 0. The van der Waals surface area contributed by atoms with Crippen LogP contribution in [0.5, 0.6) is 0 Å². The van der Waals surface area contributed by atoms with Crippen molar-refractivity contribution in [3.05, 3.63) is 0 Å². The molecule has 1 aliphatic heterocycles. The fourth-order valence-corrected chi connectivity index (χ4v) is 0.968. The van der Waals surface area contributed by atoms with E-state index in [1.54, 1.807) is 0 Å². The minimum absolute atomic E-state index is 0.378. The van der Waals surface area contributed by atoms with Gasteiger partial charge in [-0.15, -0.1) is 0 Å². The predicted octanol–water partition coefficient (Wildman–Crippen LogP) is 0.488. The highest BCUT2D eigenvalue weighted by Crippen LogP contribution is 1.90. The summed E-state index contributed by atoms with van der Waals surface area (Å²) in [6.45, 7) is 6.96. The van der Waals surface area contributed by atoms with Crippen LogP contribution in [-0.2, 0) is 0 Å². The van der Waals surface area contributed by atoms with Crippen molar-refractivity contribution >= 4 is 0 Å². The van der Waals surface area contributed by atoms with Gasteiger partial charge in [0, 0.05) is 25.7 Å². The van der Waals surface area contributed by atoms with Gasteiger partial charge < -0.3 is 10.6 Å². The molecule has 1 saturated heterocycles. The molecule has 0 aliphatic carbocycles. The standard InChI is InChI=1S/C6H11N3.C2H6/c7-2-1-6-5-8-3-4-9-6;1-2/h6,8-9H,1,3-5H2;1-2H3. The van der Waals surface area contributed by atoms with E-state index in [2.05, 4.69) is 16.7 Å². The molecule has 2 N–H and O–H groups in total. The molecule has 0 bridgehead atoms. The Bertz CT molecular complexity index is 111. The molecule has 1 heterocycles. The van der Waals surface area contributed by atoms with Crippen LogP contribution in [0.4, 0.5) is 0 Å². The first kappa shape index (κ1) is 10.4. The molecule has 1 atom stereocenters. The molecule has 1 unspecified atom stereocenters. The van der Waals surface area contributed by atoms with Crippen LogP contribution in [0, 0.1) is 11.3 Å². The van der Waals surface area contributed by atoms with Crippen molar-refractivity contribution in [1.29, 1.82) is 5.26 Å². The SMILES string of the molecule is CC.N#CCC1CNCCN1. The first-order valence-electron chi connectivity index (χ1n) is 4.24. The number of rotatable bonds is 1. The smallest absolute Gasteiger partial charge is 0.0638 e. The van der Waals surface area contributed by atoms with Gasteiger partial charge in [-0.25, -0.2) is 0 Å². The van der Waals surface area contributed by atoms with Crippen molar-refractivity contribution in [3.63, 3.8) is 0 Å². The van der Waals surface area contributed by atoms with Crippen LogP contribution in [0.15, 0.2) is 0 Å². The van der Waals surface area contributed by atoms with Gasteiger partial charge in [0.05, 0.1) is 12.5 Å². The number of nitrogens with one attached hydrogen (secondary N) is 2. The van der Waals surface area contributed by atoms with Gasteiger partial charge in [0.2, 0.25) is 0 Å². The van der Waals surface area contributed by atoms with E-state index in [0.717, 1.165) is 19.6 Å². The zero-order valence-corrected chi connectivity index (χ0v) is 7.35. The maximum absolute atomic E-state index is 8.30. The Morgan fingerprint density at radius 1 is 1.45 bits per heavy atom. The molecule has 0 aromatic rings. The molecule has 0 aromatic carbocycles. The minimum Gasteiger partial charge on any atom is -0.314 e. The molecular weight excluding hydrogens is 138 g/mol. The van der Waals surface area contributed by atoms with Crippen molar-refractivity contribution in [2.45, 2.75) is 26.3 Å². The van der Waals surface area contributed by atoms with Gasteiger partial charge in [0.1, 0.15) is 0 Å². The Labute approximate surface area is 68.8 Å². The largest absolute Gasteiger partial charge is 0.314 e. The average Bonchev–Trinajstić information content (AvgIpc) is 2.11. The lowest BCUT2D eigenvalue weighted by Crippen LogP contribution is -2.47. The molecule has 0 radical (unpaired) electrons. The fraction of sp³-hybridized carbons (Fsp3) is 0.875. The molecule has 11 heavy (non-hydrogen) atoms. The zero-order chi connectivity index (χ0) is 8.53. The van der Waals surface area contributed by atoms with Crippen LogP contribution in [0.25, 0.3) is 0 Å². The third-order valence-corrected chi connectivity index (χ3v) is 1.46. The predicted molar refractivity (Wildman–Crippen MR) is 46.2 cm³/mol. The fourth-order valence-electron chi connectivity index (χ4n) is 0.968. The Morgan fingerprint density at radius 3 is 2.64 bits per heavy atom. The summed E-state index contributed by atoms with van der Waals surface area (Å²) in [6, 6.07) is 2.51. The maximum atomic E-state index is 8.30. The molecule has 64 valence electrons. The van der Waals surface area contributed by atoms with Crippen LogP contribution in [0.1, 0.15) is 20.3 Å². The van der Waals surface area contributed by atoms with Gasteiger partial charge in [0.15, 0.2) is 0 Å². The van der Waals surface area contributed by atoms with Gasteiger partial charge >= 0.3 is 0 Å². The molecule has 0 spiro atoms. The van der Waals surface area contributed by atoms with Crippen LogP contribution in [0.3, 0.4) is 0 Å². The summed E-state index contributed by atoms with van der Waals surface area (Å²) >= 11 is 0. The van der Waals surface area contributed by atoms with E-state index in [1.807, 2.05) is 13.8 Å². The maximum Gasteiger partial charge on any atom is 0.0638 e. The second-order valence-corrected chi connectivity index (χ2v) is 2.22. The van der Waals surface area contributed by atoms with Gasteiger partial charge in [-0.3, -0.25) is 0 Å². The number of nitriles is 1. The van der Waals surface area contributed by atoms with Crippen molar-refractivity contribution in [1.82, 2.24) is 10.6 Å². The summed E-state index contributed by atoms with van der Waals surface area (Å²) in [4.78, 5) is 0. The zero-order valence-electron chi connectivity index (χ0n) is 7.35. The van der Waals surface area contributed by atoms with E-state index in [1.165, 1.54) is 0 Å². The molecule has 3 nitrogen and oxygen atoms in total. The van der Waals surface area contributed by atoms with Crippen molar-refractivity contribution in [2.24, 2.45) is 0 Å². The van der Waals surface area contributed by atoms with Crippen molar-refractivity contribution in [3.8, 4) is 6.07 Å². The Morgan fingerprint density at radius 2 is 2.18 bits per heavy atom. The normalized spacial score (nSPS) is 22.8. The van der Waals surface area contributed by atoms with E-state index in [9.17, 15) is 0 Å². The molecule has 1 rings (SSSR count). The first-order valence-corrected chi connectivity index (χ1v) is 4.24. The highest BCUT2D eigenvalue weighted by Gasteiger charge is 2.09. The minimum atomic E-state index is 0.378. The van der Waals surface area contributed by atoms with E-state index in [-0.39, 0.29) is 0 Å². The monoisotopic (exact) mass is 155 g/mol. The third-order valence-electron chi connectivity index (χ3n) is 1.46. The van der Waals surface area contributed by atoms with Crippen LogP contribution < -0.4 is 10.6 Å². The average molecular weight is 155 g/mol. The summed E-state index contributed by atoms with van der Waals surface area (Å²) < 4.78 is 0. The molecular formula is C8H17N3. The molecule has 3 heteroatoms. The van der Waals surface area contributed by atoms with E-state index < -0.39 is 0 Å². The lowest BCUT2D eigenvalue weighted by Gasteiger charge is -2.21. The second-order valence-electron chi connectivity index (χ2n) is 2.22. The van der Waals surface area contributed by atoms with Crippen molar-refractivity contribution in [2.75, 3.05) is 19.6 Å². The molecule has 1 fully saturated rings. The number of piperazine rings is 1. The van der Waals surface area contributed by atoms with Gasteiger partial charge in [-0.1, -0.05) is 13.8 Å². The van der Waals surface area contributed by atoms with E-state index in [0.29, 0.717) is 12.5 Å². The van der Waals surface area contributed by atoms with E-state index in [4.69, 9.17) is 5.26 Å². The van der Waals surface area contributed by atoms with Gasteiger partial charge in [0.25, 0.3) is 0 Å². The summed E-state index contributed by atoms with van der Waals surface area (Å²) in [5, 5.41) is 14.7. The summed E-state index contributed by atoms with van der Waals surface area (Å²) in [5.41, 5.74) is 0. The lowest BCUT2D eigenvalue weighted by atomic mass is 10.2. The molecule has 0 saturated carbocycles. The number of hydrogen-bond acceptors (Lipinski definition) is 3. The summed E-state index contributed by atoms with van der Waals surface area (Å²) in [5.74, 6) is 0. The lowest BCUT2D eigenvalue weighted by molar-refractivity contribution is 0.423. The quantitative estimate of drug-likeness (QED) is 0.579. The van der Waals surface area contributed by atoms with E-state index >= 15 is 0 Å². The molecule has 0 amide bonds. The van der Waals surface area contributed by atoms with Gasteiger partial charge in [-0.05, 0) is 0 Å². The van der Waals surface area contributed by atoms with Crippen LogP contribution in [-0.4, -0.2) is 25.7 Å².